The third kappa shape index (κ3) is 2.05. The Bertz CT molecular complexity index is 176. The largest absolute Gasteiger partial charge is 0.299 e. The van der Waals surface area contributed by atoms with Crippen LogP contribution in [0, 0.1) is 0 Å². The Morgan fingerprint density at radius 1 is 1.20 bits per heavy atom. The molecule has 0 spiro atoms. The fraction of sp³-hybridized carbons (Fsp3) is 0.143. The molecule has 1 aromatic carbocycles. The van der Waals surface area contributed by atoms with Crippen LogP contribution in [0.2, 0.25) is 0 Å². The summed E-state index contributed by atoms with van der Waals surface area (Å²) >= 11 is 0. The van der Waals surface area contributed by atoms with E-state index in [9.17, 15) is 0 Å². The minimum atomic E-state index is 0.976. The minimum Gasteiger partial charge on any atom is -0.299 e. The number of anilines is 1. The summed E-state index contributed by atoms with van der Waals surface area (Å²) in [5.74, 6) is 0. The Labute approximate surface area is 59.9 Å². The van der Waals surface area contributed by atoms with Gasteiger partial charge in [-0.25, -0.2) is 0 Å². The van der Waals surface area contributed by atoms with Gasteiger partial charge in [-0.15, -0.1) is 5.59 Å². The van der Waals surface area contributed by atoms with Crippen LogP contribution < -0.4 is 11.0 Å². The highest BCUT2D eigenvalue weighted by Crippen LogP contribution is 2.01. The first-order valence-corrected chi connectivity index (χ1v) is 3.02. The predicted octanol–water partition coefficient (Wildman–Crippen LogP) is 1.16. The van der Waals surface area contributed by atoms with Gasteiger partial charge in [-0.3, -0.25) is 10.3 Å². The summed E-state index contributed by atoms with van der Waals surface area (Å²) in [7, 11) is 1.55. The van der Waals surface area contributed by atoms with E-state index in [2.05, 4.69) is 15.9 Å². The number of hydrogen-bond acceptors (Lipinski definition) is 3. The molecule has 3 heteroatoms. The summed E-state index contributed by atoms with van der Waals surface area (Å²) in [6.07, 6.45) is 0. The molecule has 0 saturated heterocycles. The van der Waals surface area contributed by atoms with Crippen molar-refractivity contribution in [2.45, 2.75) is 0 Å². The second kappa shape index (κ2) is 3.87. The molecule has 1 rings (SSSR count). The third-order valence-corrected chi connectivity index (χ3v) is 1.07. The lowest BCUT2D eigenvalue weighted by atomic mass is 10.3. The molecule has 3 nitrogen and oxygen atoms in total. The maximum absolute atomic E-state index is 4.58. The van der Waals surface area contributed by atoms with Gasteiger partial charge in [0.05, 0.1) is 12.8 Å². The molecule has 0 bridgehead atoms. The molecule has 0 amide bonds. The average Bonchev–Trinajstić information content (AvgIpc) is 2.03. The van der Waals surface area contributed by atoms with E-state index in [1.54, 1.807) is 7.11 Å². The fourth-order valence-electron chi connectivity index (χ4n) is 0.631. The van der Waals surface area contributed by atoms with Crippen LogP contribution in [0.15, 0.2) is 30.3 Å². The summed E-state index contributed by atoms with van der Waals surface area (Å²) in [4.78, 5) is 4.58. The molecule has 1 aromatic rings. The normalized spacial score (nSPS) is 9.30. The average molecular weight is 138 g/mol. The van der Waals surface area contributed by atoms with Crippen molar-refractivity contribution in [3.05, 3.63) is 30.3 Å². The third-order valence-electron chi connectivity index (χ3n) is 1.07. The van der Waals surface area contributed by atoms with Crippen LogP contribution in [0.5, 0.6) is 0 Å². The van der Waals surface area contributed by atoms with Crippen LogP contribution in [0.1, 0.15) is 0 Å². The lowest BCUT2D eigenvalue weighted by Gasteiger charge is -2.03. The maximum Gasteiger partial charge on any atom is 0.0593 e. The van der Waals surface area contributed by atoms with Crippen molar-refractivity contribution in [2.24, 2.45) is 0 Å². The summed E-state index contributed by atoms with van der Waals surface area (Å²) in [6.45, 7) is 0. The monoisotopic (exact) mass is 138 g/mol. The van der Waals surface area contributed by atoms with Crippen molar-refractivity contribution in [3.8, 4) is 0 Å². The molecule has 2 N–H and O–H groups in total. The topological polar surface area (TPSA) is 33.3 Å². The summed E-state index contributed by atoms with van der Waals surface area (Å²) < 4.78 is 0. The summed E-state index contributed by atoms with van der Waals surface area (Å²) in [6, 6.07) is 9.72. The van der Waals surface area contributed by atoms with E-state index >= 15 is 0 Å². The lowest BCUT2D eigenvalue weighted by Crippen LogP contribution is -2.19. The van der Waals surface area contributed by atoms with Gasteiger partial charge in [0, 0.05) is 0 Å². The Kier molecular flexibility index (Phi) is 2.73. The first-order chi connectivity index (χ1) is 4.93. The van der Waals surface area contributed by atoms with E-state index in [0.29, 0.717) is 0 Å². The van der Waals surface area contributed by atoms with Crippen LogP contribution >= 0.6 is 0 Å². The van der Waals surface area contributed by atoms with Gasteiger partial charge in [0.1, 0.15) is 0 Å². The van der Waals surface area contributed by atoms with Crippen LogP contribution in [0.4, 0.5) is 5.69 Å². The molecule has 10 heavy (non-hydrogen) atoms. The van der Waals surface area contributed by atoms with Crippen LogP contribution in [-0.2, 0) is 4.84 Å². The van der Waals surface area contributed by atoms with Crippen molar-refractivity contribution in [1.29, 1.82) is 0 Å². The van der Waals surface area contributed by atoms with Gasteiger partial charge in [0.2, 0.25) is 0 Å². The summed E-state index contributed by atoms with van der Waals surface area (Å²) in [5.41, 5.74) is 6.31. The van der Waals surface area contributed by atoms with Crippen molar-refractivity contribution < 1.29 is 4.84 Å². The van der Waals surface area contributed by atoms with Crippen LogP contribution in [-0.4, -0.2) is 7.11 Å². The minimum absolute atomic E-state index is 0.976. The Hall–Kier alpha value is -1.06. The van der Waals surface area contributed by atoms with E-state index in [1.165, 1.54) is 0 Å². The molecule has 0 atom stereocenters. The van der Waals surface area contributed by atoms with Gasteiger partial charge in [0.15, 0.2) is 0 Å². The van der Waals surface area contributed by atoms with Gasteiger partial charge in [0.25, 0.3) is 0 Å². The van der Waals surface area contributed by atoms with E-state index in [1.807, 2.05) is 30.3 Å². The van der Waals surface area contributed by atoms with E-state index in [4.69, 9.17) is 0 Å². The second-order valence-electron chi connectivity index (χ2n) is 1.80. The summed E-state index contributed by atoms with van der Waals surface area (Å²) in [5, 5.41) is 0. The number of rotatable bonds is 3. The zero-order chi connectivity index (χ0) is 7.23. The molecule has 54 valence electrons. The predicted molar refractivity (Wildman–Crippen MR) is 40.2 cm³/mol. The van der Waals surface area contributed by atoms with E-state index in [-0.39, 0.29) is 0 Å². The van der Waals surface area contributed by atoms with Crippen molar-refractivity contribution >= 4 is 5.69 Å². The van der Waals surface area contributed by atoms with Gasteiger partial charge >= 0.3 is 0 Å². The number of hydrogen-bond donors (Lipinski definition) is 2. The molecule has 0 fully saturated rings. The van der Waals surface area contributed by atoms with Crippen molar-refractivity contribution in [3.63, 3.8) is 0 Å². The Balaban J connectivity index is 2.43. The van der Waals surface area contributed by atoms with Gasteiger partial charge in [-0.2, -0.15) is 0 Å². The molecule has 0 aliphatic heterocycles. The van der Waals surface area contributed by atoms with Crippen LogP contribution in [0.3, 0.4) is 0 Å². The standard InChI is InChI=1S/C7H10N2O/c1-10-9-8-7-5-3-2-4-6-7/h2-6,8-9H,1H3. The first-order valence-electron chi connectivity index (χ1n) is 3.02. The van der Waals surface area contributed by atoms with Crippen molar-refractivity contribution in [2.75, 3.05) is 12.5 Å². The van der Waals surface area contributed by atoms with Gasteiger partial charge < -0.3 is 0 Å². The highest BCUT2D eigenvalue weighted by Gasteiger charge is 1.83. The van der Waals surface area contributed by atoms with Gasteiger partial charge in [-0.05, 0) is 12.1 Å². The molecular formula is C7H10N2O. The SMILES string of the molecule is CONNc1ccccc1. The van der Waals surface area contributed by atoms with Crippen LogP contribution in [0.25, 0.3) is 0 Å². The molecule has 0 aliphatic rings. The Morgan fingerprint density at radius 2 is 1.90 bits per heavy atom. The molecular weight excluding hydrogens is 128 g/mol. The Morgan fingerprint density at radius 3 is 2.50 bits per heavy atom. The zero-order valence-corrected chi connectivity index (χ0v) is 5.79. The van der Waals surface area contributed by atoms with Gasteiger partial charge in [-0.1, -0.05) is 18.2 Å². The van der Waals surface area contributed by atoms with Crippen molar-refractivity contribution in [1.82, 2.24) is 5.59 Å². The number of para-hydroxylation sites is 1. The maximum atomic E-state index is 4.58. The van der Waals surface area contributed by atoms with E-state index in [0.717, 1.165) is 5.69 Å². The molecule has 0 unspecified atom stereocenters. The first kappa shape index (κ1) is 7.05. The second-order valence-corrected chi connectivity index (χ2v) is 1.80. The molecule has 0 radical (unpaired) electrons. The van der Waals surface area contributed by atoms with E-state index < -0.39 is 0 Å². The quantitative estimate of drug-likeness (QED) is 0.615. The molecule has 0 aliphatic carbocycles. The molecule has 0 heterocycles. The zero-order valence-electron chi connectivity index (χ0n) is 5.79. The smallest absolute Gasteiger partial charge is 0.0593 e. The molecule has 0 saturated carbocycles. The highest BCUT2D eigenvalue weighted by molar-refractivity contribution is 5.40. The number of benzene rings is 1. The molecule has 0 aromatic heterocycles. The number of nitrogens with one attached hydrogen (secondary N) is 2. The lowest BCUT2D eigenvalue weighted by molar-refractivity contribution is 0.111. The number of hydrazine groups is 1. The fourth-order valence-corrected chi connectivity index (χ4v) is 0.631. The highest BCUT2D eigenvalue weighted by atomic mass is 16.7.